The van der Waals surface area contributed by atoms with Gasteiger partial charge in [0.25, 0.3) is 5.56 Å². The van der Waals surface area contributed by atoms with Gasteiger partial charge in [0, 0.05) is 40.7 Å². The van der Waals surface area contributed by atoms with Crippen LogP contribution in [0, 0.1) is 0 Å². The highest BCUT2D eigenvalue weighted by molar-refractivity contribution is 9.10. The van der Waals surface area contributed by atoms with Crippen molar-refractivity contribution in [1.82, 2.24) is 19.7 Å². The van der Waals surface area contributed by atoms with Gasteiger partial charge in [0.2, 0.25) is 5.91 Å². The molecule has 3 aromatic rings. The Labute approximate surface area is 171 Å². The van der Waals surface area contributed by atoms with Gasteiger partial charge in [0.15, 0.2) is 0 Å². The number of fused-ring (bicyclic) bond motifs is 2. The third kappa shape index (κ3) is 4.19. The van der Waals surface area contributed by atoms with E-state index < -0.39 is 0 Å². The largest absolute Gasteiger partial charge is 0.353 e. The van der Waals surface area contributed by atoms with Crippen LogP contribution in [0.3, 0.4) is 0 Å². The van der Waals surface area contributed by atoms with E-state index in [9.17, 15) is 9.59 Å². The second-order valence-corrected chi connectivity index (χ2v) is 8.15. The van der Waals surface area contributed by atoms with Crippen LogP contribution in [0.1, 0.15) is 30.5 Å². The number of aromatic nitrogens is 3. The number of carbonyl (C=O) groups excluding carboxylic acids is 1. The van der Waals surface area contributed by atoms with Gasteiger partial charge in [0.05, 0.1) is 5.69 Å². The van der Waals surface area contributed by atoms with Gasteiger partial charge in [-0.15, -0.1) is 0 Å². The average Bonchev–Trinajstić information content (AvgIpc) is 2.91. The summed E-state index contributed by atoms with van der Waals surface area (Å²) in [6.07, 6.45) is 7.16. The van der Waals surface area contributed by atoms with E-state index in [1.807, 2.05) is 12.3 Å². The number of amides is 1. The van der Waals surface area contributed by atoms with Crippen LogP contribution in [-0.2, 0) is 30.7 Å². The number of benzene rings is 1. The van der Waals surface area contributed by atoms with Crippen molar-refractivity contribution in [1.29, 1.82) is 0 Å². The molecule has 7 heteroatoms. The van der Waals surface area contributed by atoms with Gasteiger partial charge >= 0.3 is 0 Å². The van der Waals surface area contributed by atoms with Crippen LogP contribution < -0.4 is 10.9 Å². The number of hydrogen-bond donors (Lipinski definition) is 1. The number of nitrogens with one attached hydrogen (secondary N) is 1. The number of rotatable bonds is 5. The van der Waals surface area contributed by atoms with Gasteiger partial charge in [-0.25, -0.2) is 4.68 Å². The lowest BCUT2D eigenvalue weighted by Crippen LogP contribution is -2.35. The van der Waals surface area contributed by atoms with Gasteiger partial charge in [-0.2, -0.15) is 5.10 Å². The van der Waals surface area contributed by atoms with Crippen LogP contribution in [0.4, 0.5) is 0 Å². The Bertz CT molecular complexity index is 1070. The highest BCUT2D eigenvalue weighted by atomic mass is 79.9. The molecule has 1 aliphatic rings. The van der Waals surface area contributed by atoms with E-state index >= 15 is 0 Å². The fourth-order valence-corrected chi connectivity index (χ4v) is 4.14. The van der Waals surface area contributed by atoms with E-state index in [4.69, 9.17) is 0 Å². The normalized spacial score (nSPS) is 13.9. The van der Waals surface area contributed by atoms with Crippen LogP contribution in [0.5, 0.6) is 0 Å². The first kappa shape index (κ1) is 18.9. The molecule has 4 rings (SSSR count). The maximum absolute atomic E-state index is 12.3. The zero-order valence-electron chi connectivity index (χ0n) is 15.7. The van der Waals surface area contributed by atoms with Crippen molar-refractivity contribution in [2.75, 3.05) is 6.54 Å². The van der Waals surface area contributed by atoms with Crippen molar-refractivity contribution >= 4 is 32.7 Å². The van der Waals surface area contributed by atoms with Crippen molar-refractivity contribution in [2.45, 2.75) is 45.2 Å². The van der Waals surface area contributed by atoms with E-state index in [0.29, 0.717) is 13.1 Å². The van der Waals surface area contributed by atoms with Crippen molar-refractivity contribution in [3.8, 4) is 0 Å². The Kier molecular flexibility index (Phi) is 5.62. The molecule has 2 aromatic heterocycles. The minimum absolute atomic E-state index is 0.0362. The molecule has 0 bridgehead atoms. The molecule has 0 saturated heterocycles. The molecule has 1 aliphatic carbocycles. The molecule has 0 fully saturated rings. The number of hydrogen-bond acceptors (Lipinski definition) is 3. The van der Waals surface area contributed by atoms with E-state index in [1.165, 1.54) is 4.68 Å². The Morgan fingerprint density at radius 1 is 1.14 bits per heavy atom. The molecular weight excluding hydrogens is 420 g/mol. The van der Waals surface area contributed by atoms with E-state index in [2.05, 4.69) is 49.1 Å². The van der Waals surface area contributed by atoms with Crippen LogP contribution >= 0.6 is 15.9 Å². The summed E-state index contributed by atoms with van der Waals surface area (Å²) in [5, 5.41) is 8.50. The number of nitrogens with zero attached hydrogens (tertiary/aromatic N) is 3. The molecule has 146 valence electrons. The number of carbonyl (C=O) groups is 1. The number of aryl methyl sites for hydroxylation is 2. The summed E-state index contributed by atoms with van der Waals surface area (Å²) in [6, 6.07) is 9.85. The average molecular weight is 443 g/mol. The van der Waals surface area contributed by atoms with Gasteiger partial charge in [-0.3, -0.25) is 9.59 Å². The molecule has 2 heterocycles. The van der Waals surface area contributed by atoms with Crippen LogP contribution in [0.25, 0.3) is 10.9 Å². The van der Waals surface area contributed by atoms with Crippen LogP contribution in [0.2, 0.25) is 0 Å². The second-order valence-electron chi connectivity index (χ2n) is 7.24. The molecule has 1 aromatic carbocycles. The fourth-order valence-electron chi connectivity index (χ4n) is 3.76. The van der Waals surface area contributed by atoms with Crippen LogP contribution in [0.15, 0.2) is 45.8 Å². The Morgan fingerprint density at radius 3 is 2.89 bits per heavy atom. The topological polar surface area (TPSA) is 68.9 Å². The molecule has 1 N–H and O–H groups in total. The highest BCUT2D eigenvalue weighted by Gasteiger charge is 2.13. The van der Waals surface area contributed by atoms with Crippen molar-refractivity contribution in [3.63, 3.8) is 0 Å². The first-order valence-electron chi connectivity index (χ1n) is 9.71. The third-order valence-electron chi connectivity index (χ3n) is 5.23. The summed E-state index contributed by atoms with van der Waals surface area (Å²) >= 11 is 3.48. The smallest absolute Gasteiger partial charge is 0.267 e. The lowest BCUT2D eigenvalue weighted by molar-refractivity contribution is -0.121. The first-order valence-corrected chi connectivity index (χ1v) is 10.5. The first-order chi connectivity index (χ1) is 13.6. The predicted octanol–water partition coefficient (Wildman–Crippen LogP) is 3.05. The monoisotopic (exact) mass is 442 g/mol. The van der Waals surface area contributed by atoms with Crippen molar-refractivity contribution in [3.05, 3.63) is 62.6 Å². The minimum Gasteiger partial charge on any atom is -0.353 e. The lowest BCUT2D eigenvalue weighted by atomic mass is 10.1. The van der Waals surface area contributed by atoms with Crippen LogP contribution in [-0.4, -0.2) is 26.8 Å². The SMILES string of the molecule is O=C(Cn1nc2c(cc1=O)CCCCC2)NCCn1ccc2cc(Br)ccc21. The molecule has 0 saturated carbocycles. The van der Waals surface area contributed by atoms with E-state index in [0.717, 1.165) is 58.7 Å². The molecule has 0 aliphatic heterocycles. The van der Waals surface area contributed by atoms with Gasteiger partial charge in [0.1, 0.15) is 6.54 Å². The molecule has 0 spiro atoms. The lowest BCUT2D eigenvalue weighted by Gasteiger charge is -2.11. The molecule has 0 atom stereocenters. The minimum atomic E-state index is -0.196. The molecule has 0 radical (unpaired) electrons. The maximum atomic E-state index is 12.3. The Balaban J connectivity index is 1.37. The quantitative estimate of drug-likeness (QED) is 0.617. The predicted molar refractivity (Wildman–Crippen MR) is 112 cm³/mol. The van der Waals surface area contributed by atoms with Gasteiger partial charge < -0.3 is 9.88 Å². The van der Waals surface area contributed by atoms with E-state index in [-0.39, 0.29) is 18.0 Å². The zero-order valence-corrected chi connectivity index (χ0v) is 17.2. The van der Waals surface area contributed by atoms with Gasteiger partial charge in [-0.1, -0.05) is 22.4 Å². The van der Waals surface area contributed by atoms with E-state index in [1.54, 1.807) is 6.07 Å². The number of halogens is 1. The highest BCUT2D eigenvalue weighted by Crippen LogP contribution is 2.20. The zero-order chi connectivity index (χ0) is 19.5. The Morgan fingerprint density at radius 2 is 2.00 bits per heavy atom. The summed E-state index contributed by atoms with van der Waals surface area (Å²) in [5.41, 5.74) is 2.94. The molecular formula is C21H23BrN4O2. The summed E-state index contributed by atoms with van der Waals surface area (Å²) in [5.74, 6) is -0.192. The van der Waals surface area contributed by atoms with Gasteiger partial charge in [-0.05, 0) is 55.5 Å². The summed E-state index contributed by atoms with van der Waals surface area (Å²) in [6.45, 7) is 1.13. The molecule has 28 heavy (non-hydrogen) atoms. The summed E-state index contributed by atoms with van der Waals surface area (Å²) in [4.78, 5) is 24.6. The molecule has 0 unspecified atom stereocenters. The fraction of sp³-hybridized carbons (Fsp3) is 0.381. The van der Waals surface area contributed by atoms with Crippen molar-refractivity contribution < 1.29 is 4.79 Å². The Hall–Kier alpha value is -2.41. The molecule has 1 amide bonds. The standard InChI is InChI=1S/C21H23BrN4O2/c22-17-6-7-19-16(12-17)8-10-25(19)11-9-23-20(27)14-26-21(28)13-15-4-2-1-3-5-18(15)24-26/h6-8,10,12-13H,1-5,9,11,14H2,(H,23,27). The third-order valence-corrected chi connectivity index (χ3v) is 5.72. The maximum Gasteiger partial charge on any atom is 0.267 e. The summed E-state index contributed by atoms with van der Waals surface area (Å²) < 4.78 is 4.45. The summed E-state index contributed by atoms with van der Waals surface area (Å²) in [7, 11) is 0. The van der Waals surface area contributed by atoms with Crippen molar-refractivity contribution in [2.24, 2.45) is 0 Å². The molecule has 6 nitrogen and oxygen atoms in total. The second kappa shape index (κ2) is 8.31.